The van der Waals surface area contributed by atoms with Crippen molar-refractivity contribution in [3.8, 4) is 0 Å². The van der Waals surface area contributed by atoms with Gasteiger partial charge < -0.3 is 4.90 Å². The molecule has 0 bridgehead atoms. The van der Waals surface area contributed by atoms with Gasteiger partial charge in [-0.1, -0.05) is 25.1 Å². The van der Waals surface area contributed by atoms with Crippen molar-refractivity contribution in [2.24, 2.45) is 0 Å². The molecule has 1 aliphatic heterocycles. The predicted molar refractivity (Wildman–Crippen MR) is 79.3 cm³/mol. The molecule has 0 aliphatic carbocycles. The summed E-state index contributed by atoms with van der Waals surface area (Å²) >= 11 is 2.00. The van der Waals surface area contributed by atoms with Crippen LogP contribution in [0.3, 0.4) is 0 Å². The average Bonchev–Trinajstić information content (AvgIpc) is 2.81. The molecule has 0 amide bonds. The van der Waals surface area contributed by atoms with Gasteiger partial charge in [0.1, 0.15) is 0 Å². The van der Waals surface area contributed by atoms with Crippen molar-refractivity contribution in [1.82, 2.24) is 4.90 Å². The van der Waals surface area contributed by atoms with Crippen LogP contribution in [0.4, 0.5) is 0 Å². The van der Waals surface area contributed by atoms with Gasteiger partial charge in [0.25, 0.3) is 0 Å². The van der Waals surface area contributed by atoms with Crippen molar-refractivity contribution in [3.63, 3.8) is 0 Å². The molecule has 1 atom stereocenters. The monoisotopic (exact) mass is 271 g/mol. The van der Waals surface area contributed by atoms with Crippen LogP contribution in [0, 0.1) is 0 Å². The largest absolute Gasteiger partial charge is 0.303 e. The third-order valence-electron chi connectivity index (χ3n) is 3.13. The maximum atomic E-state index is 2.60. The topological polar surface area (TPSA) is 3.24 Å². The van der Waals surface area contributed by atoms with Crippen molar-refractivity contribution < 1.29 is 0 Å². The van der Waals surface area contributed by atoms with Crippen molar-refractivity contribution in [1.29, 1.82) is 0 Å². The van der Waals surface area contributed by atoms with Crippen LogP contribution in [0.25, 0.3) is 0 Å². The number of rotatable bonds is 5. The van der Waals surface area contributed by atoms with Gasteiger partial charge in [-0.05, 0) is 51.0 Å². The summed E-state index contributed by atoms with van der Waals surface area (Å²) in [6, 6.07) is 10.7. The number of halogens is 1. The lowest BCUT2D eigenvalue weighted by Crippen LogP contribution is -2.22. The highest BCUT2D eigenvalue weighted by Gasteiger charge is 2.12. The highest BCUT2D eigenvalue weighted by atomic mass is 35.5. The molecule has 0 aromatic heterocycles. The lowest BCUT2D eigenvalue weighted by molar-refractivity contribution is 0.334. The lowest BCUT2D eigenvalue weighted by atomic mass is 10.3. The molecule has 1 nitrogen and oxygen atoms in total. The zero-order chi connectivity index (χ0) is 11.2. The van der Waals surface area contributed by atoms with Gasteiger partial charge in [0.05, 0.1) is 0 Å². The Kier molecular flexibility index (Phi) is 7.02. The summed E-state index contributed by atoms with van der Waals surface area (Å²) in [5.74, 6) is 0. The van der Waals surface area contributed by atoms with Crippen LogP contribution in [0.1, 0.15) is 26.2 Å². The van der Waals surface area contributed by atoms with Gasteiger partial charge >= 0.3 is 0 Å². The molecule has 3 heteroatoms. The molecule has 1 fully saturated rings. The van der Waals surface area contributed by atoms with E-state index in [4.69, 9.17) is 0 Å². The van der Waals surface area contributed by atoms with Crippen LogP contribution in [0.2, 0.25) is 0 Å². The number of thioether (sulfide) groups is 1. The van der Waals surface area contributed by atoms with Gasteiger partial charge in [0, 0.05) is 10.1 Å². The first-order chi connectivity index (χ1) is 7.84. The zero-order valence-electron chi connectivity index (χ0n) is 10.5. The van der Waals surface area contributed by atoms with E-state index in [1.54, 1.807) is 0 Å². The normalized spacial score (nSPS) is 17.7. The number of benzene rings is 1. The van der Waals surface area contributed by atoms with Gasteiger partial charge in [-0.25, -0.2) is 0 Å². The first kappa shape index (κ1) is 14.9. The number of hydrogen-bond donors (Lipinski definition) is 0. The molecule has 0 spiro atoms. The average molecular weight is 272 g/mol. The molecule has 1 aromatic carbocycles. The van der Waals surface area contributed by atoms with Crippen LogP contribution in [0.5, 0.6) is 0 Å². The van der Waals surface area contributed by atoms with Crippen LogP contribution in [0.15, 0.2) is 35.2 Å². The smallest absolute Gasteiger partial charge is 0.00782 e. The molecule has 0 N–H and O–H groups in total. The van der Waals surface area contributed by atoms with Crippen LogP contribution in [-0.4, -0.2) is 29.8 Å². The summed E-state index contributed by atoms with van der Waals surface area (Å²) < 4.78 is 0. The Balaban J connectivity index is 0.00000144. The third kappa shape index (κ3) is 5.33. The Labute approximate surface area is 115 Å². The van der Waals surface area contributed by atoms with Gasteiger partial charge in [-0.15, -0.1) is 24.2 Å². The molecular weight excluding hydrogens is 250 g/mol. The van der Waals surface area contributed by atoms with Crippen molar-refractivity contribution in [3.05, 3.63) is 30.3 Å². The van der Waals surface area contributed by atoms with E-state index in [1.165, 1.54) is 43.8 Å². The van der Waals surface area contributed by atoms with E-state index in [0.29, 0.717) is 0 Å². The molecule has 0 saturated carbocycles. The standard InChI is InChI=1S/C14H21NS.ClH/c1-13(9-12-15-10-5-6-11-15)16-14-7-3-2-4-8-14;/h2-4,7-8,13H,5-6,9-12H2,1H3;1H. The minimum absolute atomic E-state index is 0. The van der Waals surface area contributed by atoms with Crippen molar-refractivity contribution in [2.45, 2.75) is 36.3 Å². The fourth-order valence-corrected chi connectivity index (χ4v) is 3.16. The number of nitrogens with zero attached hydrogens (tertiary/aromatic N) is 1. The van der Waals surface area contributed by atoms with E-state index in [2.05, 4.69) is 42.2 Å². The molecule has 2 rings (SSSR count). The Morgan fingerprint density at radius 3 is 2.47 bits per heavy atom. The molecule has 1 unspecified atom stereocenters. The summed E-state index contributed by atoms with van der Waals surface area (Å²) in [5, 5.41) is 0.725. The summed E-state index contributed by atoms with van der Waals surface area (Å²) in [7, 11) is 0. The van der Waals surface area contributed by atoms with Gasteiger partial charge in [0.2, 0.25) is 0 Å². The Bertz CT molecular complexity index is 298. The number of likely N-dealkylation sites (tertiary alicyclic amines) is 1. The van der Waals surface area contributed by atoms with E-state index in [9.17, 15) is 0 Å². The minimum atomic E-state index is 0. The fraction of sp³-hybridized carbons (Fsp3) is 0.571. The second kappa shape index (κ2) is 8.02. The lowest BCUT2D eigenvalue weighted by Gasteiger charge is -2.17. The first-order valence-corrected chi connectivity index (χ1v) is 7.16. The van der Waals surface area contributed by atoms with Crippen LogP contribution >= 0.6 is 24.2 Å². The molecule has 1 aliphatic rings. The third-order valence-corrected chi connectivity index (χ3v) is 4.31. The molecule has 1 saturated heterocycles. The molecule has 0 radical (unpaired) electrons. The minimum Gasteiger partial charge on any atom is -0.303 e. The quantitative estimate of drug-likeness (QED) is 0.743. The second-order valence-electron chi connectivity index (χ2n) is 4.58. The van der Waals surface area contributed by atoms with E-state index >= 15 is 0 Å². The highest BCUT2D eigenvalue weighted by Crippen LogP contribution is 2.25. The first-order valence-electron chi connectivity index (χ1n) is 6.28. The summed E-state index contributed by atoms with van der Waals surface area (Å²) in [4.78, 5) is 4.00. The Morgan fingerprint density at radius 2 is 1.82 bits per heavy atom. The summed E-state index contributed by atoms with van der Waals surface area (Å²) in [6.45, 7) is 6.26. The molecule has 17 heavy (non-hydrogen) atoms. The summed E-state index contributed by atoms with van der Waals surface area (Å²) in [6.07, 6.45) is 4.11. The Hall–Kier alpha value is -0.180. The van der Waals surface area contributed by atoms with Crippen molar-refractivity contribution >= 4 is 24.2 Å². The molecule has 1 heterocycles. The second-order valence-corrected chi connectivity index (χ2v) is 6.09. The Morgan fingerprint density at radius 1 is 1.18 bits per heavy atom. The predicted octanol–water partition coefficient (Wildman–Crippen LogP) is 4.07. The highest BCUT2D eigenvalue weighted by molar-refractivity contribution is 7.99. The maximum Gasteiger partial charge on any atom is 0.00782 e. The zero-order valence-corrected chi connectivity index (χ0v) is 12.1. The number of hydrogen-bond acceptors (Lipinski definition) is 2. The molecule has 1 aromatic rings. The van der Waals surface area contributed by atoms with Crippen LogP contribution in [-0.2, 0) is 0 Å². The summed E-state index contributed by atoms with van der Waals surface area (Å²) in [5.41, 5.74) is 0. The van der Waals surface area contributed by atoms with Gasteiger partial charge in [-0.3, -0.25) is 0 Å². The van der Waals surface area contributed by atoms with Gasteiger partial charge in [0.15, 0.2) is 0 Å². The van der Waals surface area contributed by atoms with Crippen LogP contribution < -0.4 is 0 Å². The van der Waals surface area contributed by atoms with E-state index in [1.807, 2.05) is 11.8 Å². The van der Waals surface area contributed by atoms with E-state index in [0.717, 1.165) is 5.25 Å². The fourth-order valence-electron chi connectivity index (χ4n) is 2.16. The van der Waals surface area contributed by atoms with E-state index in [-0.39, 0.29) is 12.4 Å². The SMILES string of the molecule is CC(CCN1CCCC1)Sc1ccccc1.Cl. The van der Waals surface area contributed by atoms with E-state index < -0.39 is 0 Å². The molecule has 96 valence electrons. The molecular formula is C14H22ClNS. The van der Waals surface area contributed by atoms with Crippen molar-refractivity contribution in [2.75, 3.05) is 19.6 Å². The van der Waals surface area contributed by atoms with Gasteiger partial charge in [-0.2, -0.15) is 0 Å². The maximum absolute atomic E-state index is 2.60.